The van der Waals surface area contributed by atoms with Gasteiger partial charge in [0.25, 0.3) is 5.91 Å². The molecule has 3 aromatic rings. The van der Waals surface area contributed by atoms with Crippen molar-refractivity contribution >= 4 is 22.8 Å². The molecule has 1 aliphatic rings. The van der Waals surface area contributed by atoms with Gasteiger partial charge in [-0.15, -0.1) is 0 Å². The SMILES string of the molecule is COc1cccc(C(C)c2nc(NC3(C)CC3)c3c(C(N)=O)c(C)oc3n2)c1. The van der Waals surface area contributed by atoms with Crippen LogP contribution in [0.4, 0.5) is 5.82 Å². The highest BCUT2D eigenvalue weighted by atomic mass is 16.5. The minimum absolute atomic E-state index is 0.0299. The standard InChI is InChI=1S/C21H24N4O3/c1-11(13-6-5-7-14(10-13)27-4)18-23-19(25-21(3)8-9-21)16-15(17(22)26)12(2)28-20(16)24-18/h5-7,10-11H,8-9H2,1-4H3,(H2,22,26)(H,23,24,25). The molecule has 0 aliphatic heterocycles. The van der Waals surface area contributed by atoms with Crippen molar-refractivity contribution in [3.8, 4) is 5.75 Å². The van der Waals surface area contributed by atoms with Gasteiger partial charge in [-0.05, 0) is 44.4 Å². The molecule has 2 heterocycles. The van der Waals surface area contributed by atoms with E-state index in [1.165, 1.54) is 0 Å². The third kappa shape index (κ3) is 3.17. The summed E-state index contributed by atoms with van der Waals surface area (Å²) < 4.78 is 11.1. The van der Waals surface area contributed by atoms with Crippen molar-refractivity contribution in [3.63, 3.8) is 0 Å². The predicted octanol–water partition coefficient (Wildman–Crippen LogP) is 3.75. The third-order valence-corrected chi connectivity index (χ3v) is 5.39. The Balaban J connectivity index is 1.86. The summed E-state index contributed by atoms with van der Waals surface area (Å²) in [6.45, 7) is 5.88. The van der Waals surface area contributed by atoms with Gasteiger partial charge in [0.1, 0.15) is 23.2 Å². The maximum Gasteiger partial charge on any atom is 0.253 e. The van der Waals surface area contributed by atoms with E-state index in [2.05, 4.69) is 17.2 Å². The number of carbonyl (C=O) groups excluding carboxylic acids is 1. The van der Waals surface area contributed by atoms with E-state index in [0.717, 1.165) is 24.2 Å². The second-order valence-electron chi connectivity index (χ2n) is 7.69. The molecule has 1 saturated carbocycles. The second kappa shape index (κ2) is 6.51. The minimum Gasteiger partial charge on any atom is -0.497 e. The normalized spacial score (nSPS) is 16.0. The molecule has 2 aromatic heterocycles. The molecule has 1 unspecified atom stereocenters. The number of aryl methyl sites for hydroxylation is 1. The first-order valence-corrected chi connectivity index (χ1v) is 9.34. The maximum absolute atomic E-state index is 12.0. The largest absolute Gasteiger partial charge is 0.497 e. The number of nitrogens with two attached hydrogens (primary N) is 1. The van der Waals surface area contributed by atoms with Crippen LogP contribution in [0.2, 0.25) is 0 Å². The van der Waals surface area contributed by atoms with Crippen molar-refractivity contribution in [1.82, 2.24) is 9.97 Å². The lowest BCUT2D eigenvalue weighted by Gasteiger charge is -2.17. The highest BCUT2D eigenvalue weighted by molar-refractivity contribution is 6.09. The Morgan fingerprint density at radius 3 is 2.75 bits per heavy atom. The second-order valence-corrected chi connectivity index (χ2v) is 7.69. The summed E-state index contributed by atoms with van der Waals surface area (Å²) in [5.74, 6) is 1.80. The molecule has 146 valence electrons. The van der Waals surface area contributed by atoms with Gasteiger partial charge in [-0.3, -0.25) is 4.79 Å². The van der Waals surface area contributed by atoms with Gasteiger partial charge in [0, 0.05) is 11.5 Å². The van der Waals surface area contributed by atoms with Gasteiger partial charge >= 0.3 is 0 Å². The fourth-order valence-electron chi connectivity index (χ4n) is 3.37. The van der Waals surface area contributed by atoms with E-state index in [-0.39, 0.29) is 11.5 Å². The number of nitrogens with one attached hydrogen (secondary N) is 1. The number of fused-ring (bicyclic) bond motifs is 1. The lowest BCUT2D eigenvalue weighted by atomic mass is 10.00. The van der Waals surface area contributed by atoms with Crippen molar-refractivity contribution in [2.75, 3.05) is 12.4 Å². The van der Waals surface area contributed by atoms with Gasteiger partial charge in [0.2, 0.25) is 5.71 Å². The molecule has 0 bridgehead atoms. The zero-order valence-electron chi connectivity index (χ0n) is 16.5. The first-order valence-electron chi connectivity index (χ1n) is 9.34. The van der Waals surface area contributed by atoms with Crippen LogP contribution >= 0.6 is 0 Å². The number of carbonyl (C=O) groups is 1. The van der Waals surface area contributed by atoms with Gasteiger partial charge < -0.3 is 20.2 Å². The van der Waals surface area contributed by atoms with Crippen LogP contribution in [0.1, 0.15) is 60.1 Å². The number of methoxy groups -OCH3 is 1. The number of hydrogen-bond acceptors (Lipinski definition) is 6. The number of amides is 1. The molecule has 7 heteroatoms. The average Bonchev–Trinajstić information content (AvgIpc) is 3.28. The van der Waals surface area contributed by atoms with Crippen molar-refractivity contribution in [1.29, 1.82) is 0 Å². The summed E-state index contributed by atoms with van der Waals surface area (Å²) >= 11 is 0. The molecular weight excluding hydrogens is 356 g/mol. The van der Waals surface area contributed by atoms with E-state index in [9.17, 15) is 4.79 Å². The Morgan fingerprint density at radius 2 is 2.11 bits per heavy atom. The van der Waals surface area contributed by atoms with Crippen LogP contribution < -0.4 is 15.8 Å². The minimum atomic E-state index is -0.544. The van der Waals surface area contributed by atoms with Crippen LogP contribution in [-0.4, -0.2) is 28.5 Å². The number of furan rings is 1. The lowest BCUT2D eigenvalue weighted by molar-refractivity contribution is 0.1000. The fraction of sp³-hybridized carbons (Fsp3) is 0.381. The Hall–Kier alpha value is -3.09. The predicted molar refractivity (Wildman–Crippen MR) is 107 cm³/mol. The van der Waals surface area contributed by atoms with E-state index >= 15 is 0 Å². The van der Waals surface area contributed by atoms with E-state index < -0.39 is 5.91 Å². The number of aromatic nitrogens is 2. The highest BCUT2D eigenvalue weighted by Gasteiger charge is 2.39. The zero-order chi connectivity index (χ0) is 20.1. The number of primary amides is 1. The number of anilines is 1. The van der Waals surface area contributed by atoms with E-state index in [4.69, 9.17) is 19.9 Å². The van der Waals surface area contributed by atoms with Crippen LogP contribution in [-0.2, 0) is 0 Å². The van der Waals surface area contributed by atoms with Crippen LogP contribution in [0.15, 0.2) is 28.7 Å². The van der Waals surface area contributed by atoms with Crippen LogP contribution in [0.25, 0.3) is 11.1 Å². The molecule has 1 fully saturated rings. The van der Waals surface area contributed by atoms with Crippen LogP contribution in [0.5, 0.6) is 5.75 Å². The molecule has 0 radical (unpaired) electrons. The van der Waals surface area contributed by atoms with E-state index in [1.807, 2.05) is 31.2 Å². The fourth-order valence-corrected chi connectivity index (χ4v) is 3.37. The van der Waals surface area contributed by atoms with E-state index in [1.54, 1.807) is 14.0 Å². The van der Waals surface area contributed by atoms with Crippen molar-refractivity contribution in [3.05, 3.63) is 47.0 Å². The first kappa shape index (κ1) is 18.3. The third-order valence-electron chi connectivity index (χ3n) is 5.39. The Kier molecular flexibility index (Phi) is 4.25. The van der Waals surface area contributed by atoms with Gasteiger partial charge in [0.05, 0.1) is 18.1 Å². The molecule has 0 saturated heterocycles. The summed E-state index contributed by atoms with van der Waals surface area (Å²) in [6.07, 6.45) is 2.09. The Bertz CT molecular complexity index is 1070. The molecule has 0 spiro atoms. The monoisotopic (exact) mass is 380 g/mol. The molecule has 3 N–H and O–H groups in total. The summed E-state index contributed by atoms with van der Waals surface area (Å²) in [6, 6.07) is 7.82. The van der Waals surface area contributed by atoms with Gasteiger partial charge in [-0.25, -0.2) is 4.98 Å². The number of rotatable bonds is 6. The van der Waals surface area contributed by atoms with Gasteiger partial charge in [0.15, 0.2) is 0 Å². The Labute approximate surface area is 163 Å². The number of benzene rings is 1. The molecule has 1 atom stereocenters. The van der Waals surface area contributed by atoms with Crippen molar-refractivity contribution in [2.45, 2.75) is 45.1 Å². The molecule has 1 amide bonds. The highest BCUT2D eigenvalue weighted by Crippen LogP contribution is 2.41. The number of ether oxygens (including phenoxy) is 1. The number of nitrogens with zero attached hydrogens (tertiary/aromatic N) is 2. The topological polar surface area (TPSA) is 103 Å². The Morgan fingerprint density at radius 1 is 1.36 bits per heavy atom. The average molecular weight is 380 g/mol. The number of hydrogen-bond donors (Lipinski definition) is 2. The molecule has 4 rings (SSSR count). The van der Waals surface area contributed by atoms with Crippen molar-refractivity contribution < 1.29 is 13.9 Å². The summed E-state index contributed by atoms with van der Waals surface area (Å²) in [5, 5.41) is 4.02. The molecule has 1 aliphatic carbocycles. The smallest absolute Gasteiger partial charge is 0.253 e. The first-order chi connectivity index (χ1) is 13.3. The molecule has 1 aromatic carbocycles. The summed E-state index contributed by atoms with van der Waals surface area (Å²) in [4.78, 5) is 21.4. The van der Waals surface area contributed by atoms with Crippen molar-refractivity contribution in [2.24, 2.45) is 5.73 Å². The zero-order valence-corrected chi connectivity index (χ0v) is 16.5. The van der Waals surface area contributed by atoms with Crippen LogP contribution in [0, 0.1) is 6.92 Å². The van der Waals surface area contributed by atoms with Gasteiger partial charge in [-0.1, -0.05) is 19.1 Å². The summed E-state index contributed by atoms with van der Waals surface area (Å²) in [5.41, 5.74) is 7.31. The van der Waals surface area contributed by atoms with E-state index in [0.29, 0.717) is 34.1 Å². The maximum atomic E-state index is 12.0. The van der Waals surface area contributed by atoms with Crippen LogP contribution in [0.3, 0.4) is 0 Å². The summed E-state index contributed by atoms with van der Waals surface area (Å²) in [7, 11) is 1.64. The molecule has 28 heavy (non-hydrogen) atoms. The molecular formula is C21H24N4O3. The van der Waals surface area contributed by atoms with Gasteiger partial charge in [-0.2, -0.15) is 4.98 Å². The quantitative estimate of drug-likeness (QED) is 0.675. The lowest BCUT2D eigenvalue weighted by Crippen LogP contribution is -2.20. The molecule has 7 nitrogen and oxygen atoms in total.